The zero-order chi connectivity index (χ0) is 14.1. The van der Waals surface area contributed by atoms with Crippen LogP contribution < -0.4 is 10.5 Å². The Morgan fingerprint density at radius 3 is 2.95 bits per heavy atom. The molecule has 3 aromatic rings. The molecule has 0 aliphatic heterocycles. The molecule has 0 spiro atoms. The van der Waals surface area contributed by atoms with Gasteiger partial charge in [-0.15, -0.1) is 0 Å². The van der Waals surface area contributed by atoms with Crippen molar-refractivity contribution in [3.63, 3.8) is 0 Å². The molecule has 0 bridgehead atoms. The van der Waals surface area contributed by atoms with Gasteiger partial charge in [0.15, 0.2) is 11.3 Å². The maximum atomic E-state index is 10.9. The molecule has 0 aliphatic carbocycles. The highest BCUT2D eigenvalue weighted by Gasteiger charge is 2.15. The summed E-state index contributed by atoms with van der Waals surface area (Å²) in [7, 11) is 0. The lowest BCUT2D eigenvalue weighted by Gasteiger charge is -2.04. The topological polar surface area (TPSA) is 124 Å². The van der Waals surface area contributed by atoms with Crippen LogP contribution in [0.2, 0.25) is 0 Å². The third kappa shape index (κ3) is 2.09. The van der Waals surface area contributed by atoms with Crippen molar-refractivity contribution in [1.82, 2.24) is 15.1 Å². The average Bonchev–Trinajstić information content (AvgIpc) is 2.82. The highest BCUT2D eigenvalue weighted by atomic mass is 16.5. The zero-order valence-corrected chi connectivity index (χ0v) is 9.98. The Morgan fingerprint density at radius 2 is 2.20 bits per heavy atom. The van der Waals surface area contributed by atoms with Crippen LogP contribution in [0.25, 0.3) is 11.0 Å². The predicted octanol–water partition coefficient (Wildman–Crippen LogP) is 1.69. The van der Waals surface area contributed by atoms with E-state index in [-0.39, 0.29) is 17.5 Å². The molecule has 0 fully saturated rings. The number of ether oxygens (including phenoxy) is 1. The molecular weight excluding hydrogens is 264 g/mol. The fourth-order valence-corrected chi connectivity index (χ4v) is 1.67. The molecule has 0 aliphatic rings. The number of aromatic carboxylic acids is 1. The van der Waals surface area contributed by atoms with Crippen molar-refractivity contribution in [2.75, 3.05) is 5.73 Å². The van der Waals surface area contributed by atoms with Crippen LogP contribution in [0.3, 0.4) is 0 Å². The summed E-state index contributed by atoms with van der Waals surface area (Å²) in [4.78, 5) is 18.5. The van der Waals surface area contributed by atoms with E-state index in [1.165, 1.54) is 12.3 Å². The van der Waals surface area contributed by atoms with Crippen LogP contribution in [0.5, 0.6) is 11.6 Å². The summed E-state index contributed by atoms with van der Waals surface area (Å²) in [5, 5.41) is 12.8. The van der Waals surface area contributed by atoms with Crippen LogP contribution in [-0.2, 0) is 0 Å². The standard InChI is InChI=1S/C12H8N4O4/c13-12-14-4-3-9(15-12)19-6-1-2-7-8(5-6)20-16-10(7)11(17)18/h1-5H,(H,17,18)(H2,13,14,15). The van der Waals surface area contributed by atoms with Gasteiger partial charge >= 0.3 is 5.97 Å². The van der Waals surface area contributed by atoms with Gasteiger partial charge in [0, 0.05) is 18.3 Å². The minimum atomic E-state index is -1.15. The number of carboxylic acids is 1. The van der Waals surface area contributed by atoms with E-state index >= 15 is 0 Å². The van der Waals surface area contributed by atoms with Crippen molar-refractivity contribution in [1.29, 1.82) is 0 Å². The lowest BCUT2D eigenvalue weighted by molar-refractivity contribution is 0.0688. The van der Waals surface area contributed by atoms with E-state index < -0.39 is 5.97 Å². The Balaban J connectivity index is 1.95. The Bertz CT molecular complexity index is 799. The quantitative estimate of drug-likeness (QED) is 0.737. The Morgan fingerprint density at radius 1 is 1.35 bits per heavy atom. The second kappa shape index (κ2) is 4.50. The summed E-state index contributed by atoms with van der Waals surface area (Å²) < 4.78 is 10.4. The number of hydrogen-bond donors (Lipinski definition) is 2. The number of rotatable bonds is 3. The van der Waals surface area contributed by atoms with Crippen LogP contribution >= 0.6 is 0 Å². The molecule has 3 N–H and O–H groups in total. The number of benzene rings is 1. The number of aromatic nitrogens is 3. The maximum absolute atomic E-state index is 10.9. The summed E-state index contributed by atoms with van der Waals surface area (Å²) in [6.45, 7) is 0. The van der Waals surface area contributed by atoms with E-state index in [0.717, 1.165) is 0 Å². The van der Waals surface area contributed by atoms with Crippen molar-refractivity contribution in [3.8, 4) is 11.6 Å². The fourth-order valence-electron chi connectivity index (χ4n) is 1.67. The smallest absolute Gasteiger partial charge is 0.358 e. The summed E-state index contributed by atoms with van der Waals surface area (Å²) >= 11 is 0. The van der Waals surface area contributed by atoms with Crippen LogP contribution in [0.15, 0.2) is 35.0 Å². The van der Waals surface area contributed by atoms with Gasteiger partial charge in [-0.1, -0.05) is 5.16 Å². The van der Waals surface area contributed by atoms with Gasteiger partial charge in [-0.05, 0) is 12.1 Å². The number of anilines is 1. The summed E-state index contributed by atoms with van der Waals surface area (Å²) in [5.74, 6) is -0.365. The number of fused-ring (bicyclic) bond motifs is 1. The lowest BCUT2D eigenvalue weighted by Crippen LogP contribution is -1.97. The highest BCUT2D eigenvalue weighted by Crippen LogP contribution is 2.26. The molecule has 0 amide bonds. The first-order valence-electron chi connectivity index (χ1n) is 5.52. The normalized spacial score (nSPS) is 10.6. The molecule has 2 aromatic heterocycles. The molecule has 0 saturated carbocycles. The summed E-state index contributed by atoms with van der Waals surface area (Å²) in [6.07, 6.45) is 1.47. The minimum absolute atomic E-state index is 0.0939. The van der Waals surface area contributed by atoms with Gasteiger partial charge in [-0.2, -0.15) is 4.98 Å². The number of carbonyl (C=O) groups is 1. The number of nitrogens with zero attached hydrogens (tertiary/aromatic N) is 3. The van der Waals surface area contributed by atoms with Crippen molar-refractivity contribution < 1.29 is 19.2 Å². The van der Waals surface area contributed by atoms with E-state index in [9.17, 15) is 4.79 Å². The van der Waals surface area contributed by atoms with Crippen molar-refractivity contribution in [2.45, 2.75) is 0 Å². The van der Waals surface area contributed by atoms with Crippen molar-refractivity contribution in [3.05, 3.63) is 36.2 Å². The molecule has 3 rings (SSSR count). The number of carboxylic acid groups (broad SMARTS) is 1. The van der Waals surface area contributed by atoms with Gasteiger partial charge in [0.2, 0.25) is 11.8 Å². The molecule has 8 nitrogen and oxygen atoms in total. The van der Waals surface area contributed by atoms with Gasteiger partial charge in [-0.25, -0.2) is 9.78 Å². The lowest BCUT2D eigenvalue weighted by atomic mass is 10.2. The average molecular weight is 272 g/mol. The fraction of sp³-hybridized carbons (Fsp3) is 0. The Kier molecular flexibility index (Phi) is 2.68. The number of nitrogen functional groups attached to an aromatic ring is 1. The van der Waals surface area contributed by atoms with Crippen LogP contribution in [0.1, 0.15) is 10.5 Å². The van der Waals surface area contributed by atoms with Crippen LogP contribution in [0.4, 0.5) is 5.95 Å². The Labute approximate surface area is 111 Å². The van der Waals surface area contributed by atoms with Crippen molar-refractivity contribution in [2.24, 2.45) is 0 Å². The summed E-state index contributed by atoms with van der Waals surface area (Å²) in [6, 6.07) is 6.20. The largest absolute Gasteiger partial charge is 0.476 e. The minimum Gasteiger partial charge on any atom is -0.476 e. The molecule has 1 aromatic carbocycles. The van der Waals surface area contributed by atoms with Gasteiger partial charge in [0.25, 0.3) is 0 Å². The van der Waals surface area contributed by atoms with E-state index in [1.54, 1.807) is 18.2 Å². The molecule has 0 atom stereocenters. The third-order valence-electron chi connectivity index (χ3n) is 2.52. The molecule has 2 heterocycles. The van der Waals surface area contributed by atoms with E-state index in [2.05, 4.69) is 15.1 Å². The second-order valence-electron chi connectivity index (χ2n) is 3.85. The van der Waals surface area contributed by atoms with E-state index in [4.69, 9.17) is 20.1 Å². The number of nitrogens with two attached hydrogens (primary N) is 1. The number of hydrogen-bond acceptors (Lipinski definition) is 7. The van der Waals surface area contributed by atoms with Crippen LogP contribution in [0, 0.1) is 0 Å². The third-order valence-corrected chi connectivity index (χ3v) is 2.52. The van der Waals surface area contributed by atoms with Crippen molar-refractivity contribution >= 4 is 22.9 Å². The molecule has 8 heteroatoms. The first kappa shape index (κ1) is 11.9. The Hall–Kier alpha value is -3.16. The molecule has 0 radical (unpaired) electrons. The van der Waals surface area contributed by atoms with Crippen LogP contribution in [-0.4, -0.2) is 26.2 Å². The summed E-state index contributed by atoms with van der Waals surface area (Å²) in [5.41, 5.74) is 5.61. The van der Waals surface area contributed by atoms with Gasteiger partial charge in [0.1, 0.15) is 5.75 Å². The SMILES string of the molecule is Nc1nccc(Oc2ccc3c(C(=O)O)noc3c2)n1. The second-order valence-corrected chi connectivity index (χ2v) is 3.85. The first-order chi connectivity index (χ1) is 9.63. The van der Waals surface area contributed by atoms with Gasteiger partial charge in [-0.3, -0.25) is 0 Å². The first-order valence-corrected chi connectivity index (χ1v) is 5.52. The zero-order valence-electron chi connectivity index (χ0n) is 9.98. The molecule has 0 unspecified atom stereocenters. The van der Waals surface area contributed by atoms with Gasteiger partial charge < -0.3 is 20.1 Å². The van der Waals surface area contributed by atoms with Gasteiger partial charge in [0.05, 0.1) is 5.39 Å². The molecular formula is C12H8N4O4. The predicted molar refractivity (Wildman–Crippen MR) is 67.5 cm³/mol. The van der Waals surface area contributed by atoms with E-state index in [1.807, 2.05) is 0 Å². The maximum Gasteiger partial charge on any atom is 0.358 e. The molecule has 20 heavy (non-hydrogen) atoms. The molecule has 100 valence electrons. The molecule has 0 saturated heterocycles. The highest BCUT2D eigenvalue weighted by molar-refractivity contribution is 6.00. The van der Waals surface area contributed by atoms with E-state index in [0.29, 0.717) is 16.7 Å². The monoisotopic (exact) mass is 272 g/mol.